The Bertz CT molecular complexity index is 515. The van der Waals surface area contributed by atoms with Crippen LogP contribution in [0.2, 0.25) is 0 Å². The summed E-state index contributed by atoms with van der Waals surface area (Å²) in [7, 11) is 1.72. The van der Waals surface area contributed by atoms with Crippen LogP contribution < -0.4 is 4.74 Å². The molecule has 2 heterocycles. The number of fused-ring (bicyclic) bond motifs is 1. The van der Waals surface area contributed by atoms with Crippen molar-refractivity contribution in [3.05, 3.63) is 29.8 Å². The van der Waals surface area contributed by atoms with Gasteiger partial charge in [0.25, 0.3) is 0 Å². The monoisotopic (exact) mass is 316 g/mol. The van der Waals surface area contributed by atoms with E-state index in [2.05, 4.69) is 34.1 Å². The molecule has 3 aliphatic rings. The van der Waals surface area contributed by atoms with Crippen LogP contribution in [0.25, 0.3) is 0 Å². The zero-order chi connectivity index (χ0) is 15.6. The van der Waals surface area contributed by atoms with Crippen molar-refractivity contribution < 1.29 is 9.47 Å². The van der Waals surface area contributed by atoms with Crippen molar-refractivity contribution in [1.29, 1.82) is 0 Å². The summed E-state index contributed by atoms with van der Waals surface area (Å²) in [6.07, 6.45) is 4.46. The third-order valence-electron chi connectivity index (χ3n) is 5.49. The third-order valence-corrected chi connectivity index (χ3v) is 5.49. The number of rotatable bonds is 6. The van der Waals surface area contributed by atoms with Crippen LogP contribution in [-0.4, -0.2) is 61.8 Å². The van der Waals surface area contributed by atoms with Crippen LogP contribution in [0.3, 0.4) is 0 Å². The summed E-state index contributed by atoms with van der Waals surface area (Å²) >= 11 is 0. The fraction of sp³-hybridized carbons (Fsp3) is 0.684. The summed E-state index contributed by atoms with van der Waals surface area (Å²) in [6, 6.07) is 9.17. The first-order chi connectivity index (χ1) is 11.3. The number of nitrogens with zero attached hydrogens (tertiary/aromatic N) is 2. The van der Waals surface area contributed by atoms with Gasteiger partial charge in [0, 0.05) is 45.4 Å². The molecule has 1 aliphatic carbocycles. The van der Waals surface area contributed by atoms with Crippen LogP contribution in [0.1, 0.15) is 24.8 Å². The summed E-state index contributed by atoms with van der Waals surface area (Å²) in [5, 5.41) is 0. The zero-order valence-corrected chi connectivity index (χ0v) is 14.1. The number of methoxy groups -OCH3 is 1. The highest BCUT2D eigenvalue weighted by molar-refractivity contribution is 5.27. The Balaban J connectivity index is 1.27. The molecule has 1 aromatic carbocycles. The minimum atomic E-state index is 0.474. The molecule has 4 heteroatoms. The van der Waals surface area contributed by atoms with Gasteiger partial charge in [-0.3, -0.25) is 9.80 Å². The van der Waals surface area contributed by atoms with E-state index in [9.17, 15) is 0 Å². The van der Waals surface area contributed by atoms with Gasteiger partial charge in [-0.1, -0.05) is 12.1 Å². The van der Waals surface area contributed by atoms with Crippen LogP contribution >= 0.6 is 0 Å². The molecule has 2 saturated heterocycles. The van der Waals surface area contributed by atoms with Crippen molar-refractivity contribution in [1.82, 2.24) is 9.80 Å². The molecule has 3 fully saturated rings. The second kappa shape index (κ2) is 6.80. The predicted octanol–water partition coefficient (Wildman–Crippen LogP) is 2.38. The van der Waals surface area contributed by atoms with Crippen molar-refractivity contribution in [2.45, 2.75) is 38.0 Å². The molecule has 126 valence electrons. The summed E-state index contributed by atoms with van der Waals surface area (Å²) in [5.41, 5.74) is 1.37. The first-order valence-corrected chi connectivity index (χ1v) is 9.01. The highest BCUT2D eigenvalue weighted by atomic mass is 16.5. The molecular formula is C19H28N2O2. The summed E-state index contributed by atoms with van der Waals surface area (Å²) in [6.45, 7) is 6.72. The number of piperazine rings is 1. The van der Waals surface area contributed by atoms with E-state index >= 15 is 0 Å². The van der Waals surface area contributed by atoms with Crippen LogP contribution in [0.15, 0.2) is 24.3 Å². The SMILES string of the molecule is COc1ccc(CN2CCN3C[C@@H](OCC4CC4)C[C@H]3C2)cc1. The van der Waals surface area contributed by atoms with E-state index in [0.717, 1.165) is 37.9 Å². The molecule has 0 amide bonds. The van der Waals surface area contributed by atoms with Crippen molar-refractivity contribution in [3.8, 4) is 5.75 Å². The van der Waals surface area contributed by atoms with Gasteiger partial charge in [0.15, 0.2) is 0 Å². The van der Waals surface area contributed by atoms with Gasteiger partial charge in [-0.15, -0.1) is 0 Å². The molecule has 2 atom stereocenters. The average molecular weight is 316 g/mol. The smallest absolute Gasteiger partial charge is 0.118 e. The number of hydrogen-bond donors (Lipinski definition) is 0. The molecule has 0 aromatic heterocycles. The molecule has 0 N–H and O–H groups in total. The largest absolute Gasteiger partial charge is 0.497 e. The number of benzene rings is 1. The van der Waals surface area contributed by atoms with E-state index in [0.29, 0.717) is 12.1 Å². The van der Waals surface area contributed by atoms with Gasteiger partial charge in [-0.25, -0.2) is 0 Å². The average Bonchev–Trinajstić information content (AvgIpc) is 3.32. The highest BCUT2D eigenvalue weighted by Crippen LogP contribution is 2.31. The minimum Gasteiger partial charge on any atom is -0.497 e. The van der Waals surface area contributed by atoms with Gasteiger partial charge in [0.1, 0.15) is 5.75 Å². The maximum Gasteiger partial charge on any atom is 0.118 e. The standard InChI is InChI=1S/C19H28N2O2/c1-22-18-6-4-15(5-7-18)11-20-8-9-21-13-19(10-17(21)12-20)23-14-16-2-3-16/h4-7,16-17,19H,2-3,8-14H2,1H3/t17-,19-/m0/s1. The molecule has 0 radical (unpaired) electrons. The second-order valence-electron chi connectivity index (χ2n) is 7.37. The van der Waals surface area contributed by atoms with Gasteiger partial charge >= 0.3 is 0 Å². The normalized spacial score (nSPS) is 28.7. The number of hydrogen-bond acceptors (Lipinski definition) is 4. The van der Waals surface area contributed by atoms with Crippen LogP contribution in [-0.2, 0) is 11.3 Å². The van der Waals surface area contributed by atoms with E-state index in [1.807, 2.05) is 0 Å². The first-order valence-electron chi connectivity index (χ1n) is 9.01. The lowest BCUT2D eigenvalue weighted by atomic mass is 10.1. The van der Waals surface area contributed by atoms with Gasteiger partial charge in [0.05, 0.1) is 13.2 Å². The van der Waals surface area contributed by atoms with Gasteiger partial charge < -0.3 is 9.47 Å². The third kappa shape index (κ3) is 3.87. The summed E-state index contributed by atoms with van der Waals surface area (Å²) in [5.74, 6) is 1.81. The molecule has 1 aromatic rings. The number of ether oxygens (including phenoxy) is 2. The Morgan fingerprint density at radius 1 is 1.09 bits per heavy atom. The van der Waals surface area contributed by atoms with E-state index in [-0.39, 0.29) is 0 Å². The molecule has 23 heavy (non-hydrogen) atoms. The Morgan fingerprint density at radius 2 is 1.91 bits per heavy atom. The van der Waals surface area contributed by atoms with Crippen LogP contribution in [0.4, 0.5) is 0 Å². The van der Waals surface area contributed by atoms with Crippen molar-refractivity contribution in [3.63, 3.8) is 0 Å². The maximum absolute atomic E-state index is 6.12. The maximum atomic E-state index is 6.12. The minimum absolute atomic E-state index is 0.474. The summed E-state index contributed by atoms with van der Waals surface area (Å²) in [4.78, 5) is 5.23. The second-order valence-corrected chi connectivity index (χ2v) is 7.37. The molecule has 2 aliphatic heterocycles. The van der Waals surface area contributed by atoms with Crippen molar-refractivity contribution in [2.75, 3.05) is 39.9 Å². The molecule has 1 saturated carbocycles. The first kappa shape index (κ1) is 15.4. The van der Waals surface area contributed by atoms with Gasteiger partial charge in [0.2, 0.25) is 0 Å². The predicted molar refractivity (Wildman–Crippen MR) is 90.7 cm³/mol. The lowest BCUT2D eigenvalue weighted by molar-refractivity contribution is 0.0508. The van der Waals surface area contributed by atoms with E-state index in [4.69, 9.17) is 9.47 Å². The van der Waals surface area contributed by atoms with Gasteiger partial charge in [-0.2, -0.15) is 0 Å². The fourth-order valence-corrected chi connectivity index (χ4v) is 3.87. The van der Waals surface area contributed by atoms with E-state index in [1.54, 1.807) is 7.11 Å². The van der Waals surface area contributed by atoms with E-state index in [1.165, 1.54) is 37.9 Å². The zero-order valence-electron chi connectivity index (χ0n) is 14.1. The quantitative estimate of drug-likeness (QED) is 0.804. The van der Waals surface area contributed by atoms with Crippen LogP contribution in [0.5, 0.6) is 5.75 Å². The van der Waals surface area contributed by atoms with Gasteiger partial charge in [-0.05, 0) is 42.9 Å². The lowest BCUT2D eigenvalue weighted by Crippen LogP contribution is -2.49. The Labute approximate surface area is 139 Å². The topological polar surface area (TPSA) is 24.9 Å². The Kier molecular flexibility index (Phi) is 4.56. The van der Waals surface area contributed by atoms with E-state index < -0.39 is 0 Å². The van der Waals surface area contributed by atoms with Crippen molar-refractivity contribution in [2.24, 2.45) is 5.92 Å². The van der Waals surface area contributed by atoms with Crippen molar-refractivity contribution >= 4 is 0 Å². The molecule has 4 rings (SSSR count). The molecule has 0 bridgehead atoms. The molecule has 0 unspecified atom stereocenters. The van der Waals surface area contributed by atoms with Crippen LogP contribution in [0, 0.1) is 5.92 Å². The lowest BCUT2D eigenvalue weighted by Gasteiger charge is -2.37. The highest BCUT2D eigenvalue weighted by Gasteiger charge is 2.37. The Hall–Kier alpha value is -1.10. The summed E-state index contributed by atoms with van der Waals surface area (Å²) < 4.78 is 11.4. The Morgan fingerprint density at radius 3 is 2.65 bits per heavy atom. The fourth-order valence-electron chi connectivity index (χ4n) is 3.87. The molecule has 0 spiro atoms. The molecular weight excluding hydrogens is 288 g/mol. The molecule has 4 nitrogen and oxygen atoms in total.